The zero-order chi connectivity index (χ0) is 14.4. The molecule has 1 aliphatic rings. The van der Waals surface area contributed by atoms with E-state index in [4.69, 9.17) is 4.74 Å². The second kappa shape index (κ2) is 7.39. The molecule has 0 aromatic carbocycles. The molecule has 0 radical (unpaired) electrons. The zero-order valence-electron chi connectivity index (χ0n) is 12.4. The molecule has 1 aromatic rings. The molecule has 0 atom stereocenters. The van der Waals surface area contributed by atoms with Crippen LogP contribution in [0.15, 0.2) is 18.3 Å². The van der Waals surface area contributed by atoms with Crippen LogP contribution in [0.4, 0.5) is 0 Å². The van der Waals surface area contributed by atoms with Gasteiger partial charge in [0.25, 0.3) is 0 Å². The first-order chi connectivity index (χ1) is 9.69. The molecule has 4 heteroatoms. The molecule has 0 spiro atoms. The monoisotopic (exact) mass is 276 g/mol. The van der Waals surface area contributed by atoms with Gasteiger partial charge in [0.1, 0.15) is 0 Å². The lowest BCUT2D eigenvalue weighted by Gasteiger charge is -2.28. The molecular formula is C16H24N2O2. The third kappa shape index (κ3) is 4.30. The van der Waals surface area contributed by atoms with Crippen LogP contribution in [0.5, 0.6) is 0 Å². The van der Waals surface area contributed by atoms with Crippen molar-refractivity contribution in [2.24, 2.45) is 5.92 Å². The first kappa shape index (κ1) is 15.0. The van der Waals surface area contributed by atoms with Crippen LogP contribution in [-0.4, -0.2) is 23.6 Å². The average Bonchev–Trinajstić information content (AvgIpc) is 2.47. The number of nitrogens with zero attached hydrogens (tertiary/aromatic N) is 1. The molecule has 1 saturated carbocycles. The molecule has 2 rings (SSSR count). The summed E-state index contributed by atoms with van der Waals surface area (Å²) in [5.74, 6) is 0.0859. The summed E-state index contributed by atoms with van der Waals surface area (Å²) in [7, 11) is 0. The van der Waals surface area contributed by atoms with E-state index in [2.05, 4.69) is 16.4 Å². The fourth-order valence-corrected chi connectivity index (χ4v) is 2.66. The smallest absolute Gasteiger partial charge is 0.308 e. The highest BCUT2D eigenvalue weighted by molar-refractivity contribution is 5.72. The minimum atomic E-state index is -0.0197. The highest BCUT2D eigenvalue weighted by Crippen LogP contribution is 2.25. The number of nitrogens with one attached hydrogen (secondary N) is 1. The van der Waals surface area contributed by atoms with Crippen LogP contribution in [0.25, 0.3) is 0 Å². The highest BCUT2D eigenvalue weighted by atomic mass is 16.5. The fourth-order valence-electron chi connectivity index (χ4n) is 2.66. The quantitative estimate of drug-likeness (QED) is 0.840. The third-order valence-electron chi connectivity index (χ3n) is 3.91. The Morgan fingerprint density at radius 1 is 1.35 bits per heavy atom. The van der Waals surface area contributed by atoms with Gasteiger partial charge in [-0.3, -0.25) is 9.78 Å². The maximum Gasteiger partial charge on any atom is 0.308 e. The number of hydrogen-bond acceptors (Lipinski definition) is 4. The van der Waals surface area contributed by atoms with Crippen LogP contribution in [-0.2, 0) is 16.1 Å². The van der Waals surface area contributed by atoms with Crippen LogP contribution < -0.4 is 5.32 Å². The Labute approximate surface area is 120 Å². The van der Waals surface area contributed by atoms with Crippen molar-refractivity contribution in [3.63, 3.8) is 0 Å². The van der Waals surface area contributed by atoms with Crippen LogP contribution in [0.1, 0.15) is 43.9 Å². The Balaban J connectivity index is 1.72. The molecule has 20 heavy (non-hydrogen) atoms. The lowest BCUT2D eigenvalue weighted by Crippen LogP contribution is -2.35. The number of aryl methyl sites for hydroxylation is 1. The molecule has 0 aliphatic heterocycles. The van der Waals surface area contributed by atoms with Gasteiger partial charge < -0.3 is 10.1 Å². The molecule has 0 amide bonds. The zero-order valence-corrected chi connectivity index (χ0v) is 12.4. The SMILES string of the molecule is CCOC(=O)C1CCC(NCc2ccc(C)nc2)CC1. The summed E-state index contributed by atoms with van der Waals surface area (Å²) >= 11 is 0. The number of carbonyl (C=O) groups is 1. The van der Waals surface area contributed by atoms with Gasteiger partial charge in [-0.2, -0.15) is 0 Å². The number of rotatable bonds is 5. The van der Waals surface area contributed by atoms with E-state index in [1.807, 2.05) is 26.1 Å². The molecule has 4 nitrogen and oxygen atoms in total. The van der Waals surface area contributed by atoms with E-state index in [1.165, 1.54) is 5.56 Å². The molecule has 1 aromatic heterocycles. The second-order valence-corrected chi connectivity index (χ2v) is 5.49. The Morgan fingerprint density at radius 2 is 2.10 bits per heavy atom. The molecule has 110 valence electrons. The number of pyridine rings is 1. The molecule has 1 aliphatic carbocycles. The van der Waals surface area contributed by atoms with Gasteiger partial charge >= 0.3 is 5.97 Å². The van der Waals surface area contributed by atoms with E-state index < -0.39 is 0 Å². The van der Waals surface area contributed by atoms with Crippen LogP contribution in [0.3, 0.4) is 0 Å². The van der Waals surface area contributed by atoms with Crippen LogP contribution in [0, 0.1) is 12.8 Å². The van der Waals surface area contributed by atoms with E-state index in [0.717, 1.165) is 37.9 Å². The minimum Gasteiger partial charge on any atom is -0.466 e. The van der Waals surface area contributed by atoms with Crippen molar-refractivity contribution in [1.29, 1.82) is 0 Å². The van der Waals surface area contributed by atoms with E-state index >= 15 is 0 Å². The molecular weight excluding hydrogens is 252 g/mol. The van der Waals surface area contributed by atoms with E-state index in [1.54, 1.807) is 0 Å². The topological polar surface area (TPSA) is 51.2 Å². The van der Waals surface area contributed by atoms with Crippen molar-refractivity contribution < 1.29 is 9.53 Å². The summed E-state index contributed by atoms with van der Waals surface area (Å²) < 4.78 is 5.09. The Kier molecular flexibility index (Phi) is 5.53. The summed E-state index contributed by atoms with van der Waals surface area (Å²) in [6.45, 7) is 5.19. The van der Waals surface area contributed by atoms with Gasteiger partial charge in [-0.05, 0) is 51.2 Å². The summed E-state index contributed by atoms with van der Waals surface area (Å²) in [5.41, 5.74) is 2.26. The van der Waals surface area contributed by atoms with Crippen molar-refractivity contribution in [2.45, 2.75) is 52.1 Å². The first-order valence-corrected chi connectivity index (χ1v) is 7.50. The van der Waals surface area contributed by atoms with Crippen molar-refractivity contribution >= 4 is 5.97 Å². The predicted octanol–water partition coefficient (Wildman–Crippen LogP) is 2.60. The second-order valence-electron chi connectivity index (χ2n) is 5.49. The summed E-state index contributed by atoms with van der Waals surface area (Å²) in [5, 5.41) is 3.56. The van der Waals surface area contributed by atoms with Crippen molar-refractivity contribution in [2.75, 3.05) is 6.61 Å². The van der Waals surface area contributed by atoms with Gasteiger partial charge in [-0.15, -0.1) is 0 Å². The molecule has 1 fully saturated rings. The van der Waals surface area contributed by atoms with Crippen LogP contribution >= 0.6 is 0 Å². The van der Waals surface area contributed by atoms with E-state index in [9.17, 15) is 4.79 Å². The van der Waals surface area contributed by atoms with Gasteiger partial charge in [-0.1, -0.05) is 6.07 Å². The van der Waals surface area contributed by atoms with Gasteiger partial charge in [0, 0.05) is 24.5 Å². The van der Waals surface area contributed by atoms with Crippen molar-refractivity contribution in [1.82, 2.24) is 10.3 Å². The van der Waals surface area contributed by atoms with Crippen LogP contribution in [0.2, 0.25) is 0 Å². The van der Waals surface area contributed by atoms with Gasteiger partial charge in [0.05, 0.1) is 12.5 Å². The molecule has 0 bridgehead atoms. The number of esters is 1. The third-order valence-corrected chi connectivity index (χ3v) is 3.91. The molecule has 1 heterocycles. The fraction of sp³-hybridized carbons (Fsp3) is 0.625. The first-order valence-electron chi connectivity index (χ1n) is 7.50. The van der Waals surface area contributed by atoms with Gasteiger partial charge in [-0.25, -0.2) is 0 Å². The number of hydrogen-bond donors (Lipinski definition) is 1. The molecule has 0 saturated heterocycles. The number of carbonyl (C=O) groups excluding carboxylic acids is 1. The maximum absolute atomic E-state index is 11.7. The predicted molar refractivity (Wildman–Crippen MR) is 78.2 cm³/mol. The average molecular weight is 276 g/mol. The Bertz CT molecular complexity index is 423. The largest absolute Gasteiger partial charge is 0.466 e. The highest BCUT2D eigenvalue weighted by Gasteiger charge is 2.26. The molecule has 1 N–H and O–H groups in total. The lowest BCUT2D eigenvalue weighted by molar-refractivity contribution is -0.149. The number of ether oxygens (including phenoxy) is 1. The lowest BCUT2D eigenvalue weighted by atomic mass is 9.86. The van der Waals surface area contributed by atoms with Gasteiger partial charge in [0.15, 0.2) is 0 Å². The summed E-state index contributed by atoms with van der Waals surface area (Å²) in [6.07, 6.45) is 5.88. The Morgan fingerprint density at radius 3 is 2.70 bits per heavy atom. The maximum atomic E-state index is 11.7. The number of aromatic nitrogens is 1. The standard InChI is InChI=1S/C16H24N2O2/c1-3-20-16(19)14-6-8-15(9-7-14)18-11-13-5-4-12(2)17-10-13/h4-5,10,14-15,18H,3,6-9,11H2,1-2H3. The normalized spacial score (nSPS) is 22.5. The van der Waals surface area contributed by atoms with E-state index in [-0.39, 0.29) is 11.9 Å². The van der Waals surface area contributed by atoms with Crippen molar-refractivity contribution in [3.05, 3.63) is 29.6 Å². The summed E-state index contributed by atoms with van der Waals surface area (Å²) in [6, 6.07) is 4.65. The van der Waals surface area contributed by atoms with Crippen molar-refractivity contribution in [3.8, 4) is 0 Å². The van der Waals surface area contributed by atoms with E-state index in [0.29, 0.717) is 12.6 Å². The minimum absolute atomic E-state index is 0.0197. The Hall–Kier alpha value is -1.42. The summed E-state index contributed by atoms with van der Waals surface area (Å²) in [4.78, 5) is 16.0. The molecule has 0 unspecified atom stereocenters. The van der Waals surface area contributed by atoms with Gasteiger partial charge in [0.2, 0.25) is 0 Å².